The first-order chi connectivity index (χ1) is 26.5. The summed E-state index contributed by atoms with van der Waals surface area (Å²) in [7, 11) is 0. The number of hydrogen-bond acceptors (Lipinski definition) is 10. The van der Waals surface area contributed by atoms with Gasteiger partial charge in [-0.05, 0) is 50.2 Å². The summed E-state index contributed by atoms with van der Waals surface area (Å²) in [5, 5.41) is 20.0. The highest BCUT2D eigenvalue weighted by Crippen LogP contribution is 2.38. The van der Waals surface area contributed by atoms with E-state index in [1.165, 1.54) is 12.1 Å². The molecule has 2 aromatic heterocycles. The highest BCUT2D eigenvalue weighted by molar-refractivity contribution is 6.45. The molecule has 0 bridgehead atoms. The summed E-state index contributed by atoms with van der Waals surface area (Å²) >= 11 is 0. The number of aromatic nitrogens is 2. The molecule has 0 saturated heterocycles. The Labute approximate surface area is 335 Å². The number of fused-ring (bicyclic) bond motifs is 2. The number of carboxylic acids is 2. The lowest BCUT2D eigenvalue weighted by Gasteiger charge is -2.19. The highest BCUT2D eigenvalue weighted by Gasteiger charge is 2.31. The summed E-state index contributed by atoms with van der Waals surface area (Å²) in [6.07, 6.45) is -2.51. The second-order valence-electron chi connectivity index (χ2n) is 13.7. The molecular weight excluding hydrogens is 752 g/mol. The fourth-order valence-corrected chi connectivity index (χ4v) is 6.49. The highest BCUT2D eigenvalue weighted by atomic mass is 16.5. The van der Waals surface area contributed by atoms with Gasteiger partial charge in [-0.15, -0.1) is 0 Å². The van der Waals surface area contributed by atoms with E-state index in [1.54, 1.807) is 99.2 Å². The fraction of sp³-hybridized carbons (Fsp3) is 0.333. The normalized spacial score (nSPS) is 12.0. The predicted octanol–water partition coefficient (Wildman–Crippen LogP) is 5.87. The number of rotatable bonds is 18. The number of aliphatic carboxylic acids is 2. The van der Waals surface area contributed by atoms with Crippen LogP contribution in [0.3, 0.4) is 0 Å². The van der Waals surface area contributed by atoms with Crippen LogP contribution in [0.5, 0.6) is 23.0 Å². The summed E-state index contributed by atoms with van der Waals surface area (Å²) in [5.41, 5.74) is 12.1. The molecule has 0 aliphatic rings. The zero-order valence-corrected chi connectivity index (χ0v) is 31.5. The molecule has 6 N–H and O–H groups in total. The number of benzene rings is 3. The lowest BCUT2D eigenvalue weighted by Crippen LogP contribution is -2.32. The maximum Gasteiger partial charge on any atom is 0.345 e. The molecule has 0 fully saturated rings. The number of Topliss-reactive ketones (excluding diaryl/α,β-unsaturated/α-hetero) is 2. The second kappa shape index (κ2) is 18.4. The number of nitrogens with zero attached hydrogens (tertiary/aromatic N) is 2. The number of carbonyl (C=O) groups excluding carboxylic acids is 4. The Morgan fingerprint density at radius 3 is 1.19 bits per heavy atom. The van der Waals surface area contributed by atoms with Crippen molar-refractivity contribution in [1.29, 1.82) is 0 Å². The molecule has 5 rings (SSSR count). The van der Waals surface area contributed by atoms with E-state index >= 15 is 0 Å². The van der Waals surface area contributed by atoms with Crippen LogP contribution in [0.15, 0.2) is 60.7 Å². The van der Waals surface area contributed by atoms with Crippen LogP contribution in [0, 0.1) is 25.7 Å². The summed E-state index contributed by atoms with van der Waals surface area (Å²) in [4.78, 5) is 74.7. The predicted molar refractivity (Wildman–Crippen MR) is 215 cm³/mol. The standard InChI is InChI=1S/C40H42N4O12.2CH4/c1-19(2)35(39(49)50)55-27-15-9-11-23-31(27)29(33(45)37(41)47)21(5)43(23)17-53-25-13-7-8-14-26(25)54-18-44-22(6)30(34(46)38(42)48)32-24(44)12-10-16-28(32)56-36(20(3)4)40(51)52;;/h7-16,19-20,35-36H,17-18H2,1-6H3,(H2,41,47)(H2,42,48)(H,49,50)(H,51,52);2*1H4. The molecule has 2 heterocycles. The third-order valence-corrected chi connectivity index (χ3v) is 9.28. The van der Waals surface area contributed by atoms with Crippen molar-refractivity contribution in [2.24, 2.45) is 23.3 Å². The van der Waals surface area contributed by atoms with E-state index in [-0.39, 0.29) is 73.2 Å². The van der Waals surface area contributed by atoms with E-state index in [1.807, 2.05) is 0 Å². The minimum atomic E-state index is -1.26. The molecular formula is C42H50N4O12. The van der Waals surface area contributed by atoms with E-state index in [4.69, 9.17) is 30.4 Å². The molecule has 0 aliphatic carbocycles. The number of para-hydroxylation sites is 2. The Morgan fingerprint density at radius 1 is 0.569 bits per heavy atom. The first-order valence-corrected chi connectivity index (χ1v) is 17.5. The smallest absolute Gasteiger partial charge is 0.345 e. The van der Waals surface area contributed by atoms with Gasteiger partial charge >= 0.3 is 11.9 Å². The SMILES string of the molecule is C.C.Cc1c(C(=O)C(N)=O)c2c(OC(C(=O)O)C(C)C)cccc2n1COc1ccccc1OCn1c(C)c(C(=O)C(N)=O)c2c(OC(C(=O)O)C(C)C)cccc21. The number of ether oxygens (including phenoxy) is 4. The van der Waals surface area contributed by atoms with Crippen molar-refractivity contribution in [2.45, 2.75) is 82.1 Å². The van der Waals surface area contributed by atoms with Gasteiger partial charge in [-0.1, -0.05) is 66.8 Å². The number of primary amides is 2. The van der Waals surface area contributed by atoms with E-state index < -0.39 is 59.4 Å². The lowest BCUT2D eigenvalue weighted by molar-refractivity contribution is -0.147. The van der Waals surface area contributed by atoms with Crippen LogP contribution in [0.2, 0.25) is 0 Å². The van der Waals surface area contributed by atoms with Gasteiger partial charge in [-0.3, -0.25) is 19.2 Å². The summed E-state index contributed by atoms with van der Waals surface area (Å²) in [6, 6.07) is 16.2. The van der Waals surface area contributed by atoms with Gasteiger partial charge in [0.05, 0.1) is 32.9 Å². The van der Waals surface area contributed by atoms with Crippen LogP contribution in [0.25, 0.3) is 21.8 Å². The molecule has 16 heteroatoms. The molecule has 0 spiro atoms. The van der Waals surface area contributed by atoms with Gasteiger partial charge in [0.25, 0.3) is 23.4 Å². The molecule has 0 saturated carbocycles. The van der Waals surface area contributed by atoms with E-state index in [2.05, 4.69) is 0 Å². The van der Waals surface area contributed by atoms with Crippen molar-refractivity contribution in [3.05, 3.63) is 83.2 Å². The number of carbonyl (C=O) groups is 6. The van der Waals surface area contributed by atoms with Gasteiger partial charge in [0, 0.05) is 23.2 Å². The van der Waals surface area contributed by atoms with Crippen LogP contribution in [0.4, 0.5) is 0 Å². The zero-order chi connectivity index (χ0) is 41.2. The topological polar surface area (TPSA) is 242 Å². The number of ketones is 2. The quantitative estimate of drug-likeness (QED) is 0.0601. The number of carboxylic acid groups (broad SMARTS) is 2. The summed E-state index contributed by atoms with van der Waals surface area (Å²) in [5.74, 6) is -7.07. The largest absolute Gasteiger partial charge is 0.478 e. The third kappa shape index (κ3) is 8.75. The Bertz CT molecular complexity index is 2230. The molecule has 0 aliphatic heterocycles. The van der Waals surface area contributed by atoms with E-state index in [0.717, 1.165) is 0 Å². The molecule has 58 heavy (non-hydrogen) atoms. The average Bonchev–Trinajstić information content (AvgIpc) is 3.59. The monoisotopic (exact) mass is 802 g/mol. The van der Waals surface area contributed by atoms with Gasteiger partial charge < -0.3 is 49.8 Å². The number of hydrogen-bond donors (Lipinski definition) is 4. The third-order valence-electron chi connectivity index (χ3n) is 9.28. The molecule has 2 amide bonds. The van der Waals surface area contributed by atoms with E-state index in [9.17, 15) is 39.0 Å². The Hall–Kier alpha value is -6.84. The van der Waals surface area contributed by atoms with Crippen LogP contribution < -0.4 is 30.4 Å². The van der Waals surface area contributed by atoms with Gasteiger partial charge in [0.1, 0.15) is 11.5 Å². The van der Waals surface area contributed by atoms with Gasteiger partial charge in [0.2, 0.25) is 0 Å². The van der Waals surface area contributed by atoms with Crippen molar-refractivity contribution in [3.63, 3.8) is 0 Å². The summed E-state index contributed by atoms with van der Waals surface area (Å²) < 4.78 is 27.5. The van der Waals surface area contributed by atoms with Crippen molar-refractivity contribution >= 4 is 57.1 Å². The molecule has 5 aromatic rings. The molecule has 3 aromatic carbocycles. The van der Waals surface area contributed by atoms with Gasteiger partial charge in [0.15, 0.2) is 37.2 Å². The molecule has 310 valence electrons. The van der Waals surface area contributed by atoms with Crippen LogP contribution >= 0.6 is 0 Å². The number of nitrogens with two attached hydrogens (primary N) is 2. The number of amides is 2. The molecule has 2 unspecified atom stereocenters. The molecule has 0 radical (unpaired) electrons. The average molecular weight is 803 g/mol. The maximum atomic E-state index is 13.2. The van der Waals surface area contributed by atoms with Crippen molar-refractivity contribution in [1.82, 2.24) is 9.13 Å². The van der Waals surface area contributed by atoms with Gasteiger partial charge in [-0.2, -0.15) is 0 Å². The maximum absolute atomic E-state index is 13.2. The first-order valence-electron chi connectivity index (χ1n) is 17.5. The van der Waals surface area contributed by atoms with Gasteiger partial charge in [-0.25, -0.2) is 9.59 Å². The first kappa shape index (κ1) is 45.5. The lowest BCUT2D eigenvalue weighted by atomic mass is 10.0. The Morgan fingerprint density at radius 2 is 0.897 bits per heavy atom. The summed E-state index contributed by atoms with van der Waals surface area (Å²) in [6.45, 7) is 9.45. The van der Waals surface area contributed by atoms with E-state index in [0.29, 0.717) is 22.4 Å². The van der Waals surface area contributed by atoms with Crippen molar-refractivity contribution in [3.8, 4) is 23.0 Å². The zero-order valence-electron chi connectivity index (χ0n) is 31.5. The van der Waals surface area contributed by atoms with Crippen LogP contribution in [0.1, 0.15) is 74.7 Å². The minimum absolute atomic E-state index is 0. The Balaban J connectivity index is 0.00000450. The van der Waals surface area contributed by atoms with Crippen molar-refractivity contribution < 1.29 is 57.9 Å². The Kier molecular flexibility index (Phi) is 14.5. The molecule has 2 atom stereocenters. The van der Waals surface area contributed by atoms with Crippen LogP contribution in [-0.4, -0.2) is 66.9 Å². The molecule has 16 nitrogen and oxygen atoms in total. The fourth-order valence-electron chi connectivity index (χ4n) is 6.49. The van der Waals surface area contributed by atoms with Crippen LogP contribution in [-0.2, 0) is 32.6 Å². The van der Waals surface area contributed by atoms with Crippen molar-refractivity contribution in [2.75, 3.05) is 0 Å². The second-order valence-corrected chi connectivity index (χ2v) is 13.7. The minimum Gasteiger partial charge on any atom is -0.478 e.